The summed E-state index contributed by atoms with van der Waals surface area (Å²) in [6, 6.07) is 7.73. The largest absolute Gasteiger partial charge is 0.369 e. The molecule has 0 aliphatic carbocycles. The van der Waals surface area contributed by atoms with E-state index < -0.39 is 17.5 Å². The number of nitrogen functional groups attached to an aromatic ring is 1. The number of fused-ring (bicyclic) bond motifs is 1. The van der Waals surface area contributed by atoms with Gasteiger partial charge in [0, 0.05) is 11.6 Å². The Bertz CT molecular complexity index is 796. The van der Waals surface area contributed by atoms with Gasteiger partial charge in [0.2, 0.25) is 5.95 Å². The summed E-state index contributed by atoms with van der Waals surface area (Å²) in [5.74, 6) is -1.75. The van der Waals surface area contributed by atoms with Gasteiger partial charge in [-0.3, -0.25) is 0 Å². The molecule has 0 spiro atoms. The van der Waals surface area contributed by atoms with E-state index in [0.29, 0.717) is 5.52 Å². The summed E-state index contributed by atoms with van der Waals surface area (Å²) in [6.45, 7) is 0.0535. The molecule has 0 amide bonds. The van der Waals surface area contributed by atoms with E-state index >= 15 is 0 Å². The van der Waals surface area contributed by atoms with Crippen molar-refractivity contribution in [3.8, 4) is 0 Å². The average Bonchev–Trinajstić information content (AvgIpc) is 2.71. The SMILES string of the molecule is Nc1nc2c(F)cccc2n1Cc1ccc(F)cc1F. The van der Waals surface area contributed by atoms with Crippen molar-refractivity contribution >= 4 is 17.0 Å². The van der Waals surface area contributed by atoms with Gasteiger partial charge in [0.1, 0.15) is 17.2 Å². The van der Waals surface area contributed by atoms with Gasteiger partial charge < -0.3 is 10.3 Å². The third-order valence-electron chi connectivity index (χ3n) is 3.10. The second-order valence-corrected chi connectivity index (χ2v) is 4.40. The molecule has 0 aliphatic rings. The first-order valence-corrected chi connectivity index (χ1v) is 5.90. The maximum atomic E-state index is 13.7. The number of imidazole rings is 1. The Morgan fingerprint density at radius 1 is 1.05 bits per heavy atom. The quantitative estimate of drug-likeness (QED) is 0.782. The Balaban J connectivity index is 2.11. The number of hydrogen-bond acceptors (Lipinski definition) is 2. The standard InChI is InChI=1S/C14H10F3N3/c15-9-5-4-8(11(17)6-9)7-20-12-3-1-2-10(16)13(12)19-14(20)18/h1-6H,7H2,(H2,18,19). The van der Waals surface area contributed by atoms with Crippen molar-refractivity contribution in [2.75, 3.05) is 5.73 Å². The number of anilines is 1. The summed E-state index contributed by atoms with van der Waals surface area (Å²) in [6.07, 6.45) is 0. The highest BCUT2D eigenvalue weighted by molar-refractivity contribution is 5.79. The Kier molecular flexibility index (Phi) is 2.85. The molecule has 0 unspecified atom stereocenters. The zero-order chi connectivity index (χ0) is 14.3. The molecule has 0 saturated carbocycles. The van der Waals surface area contributed by atoms with Crippen LogP contribution in [0.25, 0.3) is 11.0 Å². The monoisotopic (exact) mass is 277 g/mol. The minimum absolute atomic E-state index is 0.0535. The molecule has 102 valence electrons. The van der Waals surface area contributed by atoms with Gasteiger partial charge in [-0.05, 0) is 18.2 Å². The van der Waals surface area contributed by atoms with Crippen molar-refractivity contribution < 1.29 is 13.2 Å². The van der Waals surface area contributed by atoms with Crippen LogP contribution in [-0.2, 0) is 6.54 Å². The fraction of sp³-hybridized carbons (Fsp3) is 0.0714. The molecule has 3 rings (SSSR count). The third-order valence-corrected chi connectivity index (χ3v) is 3.10. The highest BCUT2D eigenvalue weighted by atomic mass is 19.1. The molecular formula is C14H10F3N3. The second-order valence-electron chi connectivity index (χ2n) is 4.40. The number of para-hydroxylation sites is 1. The van der Waals surface area contributed by atoms with E-state index in [2.05, 4.69) is 4.98 Å². The van der Waals surface area contributed by atoms with Crippen LogP contribution in [0.1, 0.15) is 5.56 Å². The van der Waals surface area contributed by atoms with E-state index in [-0.39, 0.29) is 23.6 Å². The van der Waals surface area contributed by atoms with E-state index in [1.165, 1.54) is 22.8 Å². The van der Waals surface area contributed by atoms with Crippen molar-refractivity contribution in [3.05, 3.63) is 59.4 Å². The lowest BCUT2D eigenvalue weighted by Crippen LogP contribution is -2.06. The van der Waals surface area contributed by atoms with Gasteiger partial charge in [0.05, 0.1) is 12.1 Å². The Morgan fingerprint density at radius 3 is 2.60 bits per heavy atom. The van der Waals surface area contributed by atoms with Crippen molar-refractivity contribution in [1.82, 2.24) is 9.55 Å². The molecule has 0 fully saturated rings. The van der Waals surface area contributed by atoms with E-state index in [4.69, 9.17) is 5.73 Å². The minimum Gasteiger partial charge on any atom is -0.369 e. The fourth-order valence-corrected chi connectivity index (χ4v) is 2.12. The number of rotatable bonds is 2. The summed E-state index contributed by atoms with van der Waals surface area (Å²) in [4.78, 5) is 3.93. The number of aromatic nitrogens is 2. The first kappa shape index (κ1) is 12.5. The topological polar surface area (TPSA) is 43.8 Å². The first-order chi connectivity index (χ1) is 9.56. The number of benzene rings is 2. The third kappa shape index (κ3) is 1.99. The molecule has 2 N–H and O–H groups in total. The first-order valence-electron chi connectivity index (χ1n) is 5.90. The van der Waals surface area contributed by atoms with Crippen LogP contribution in [0.5, 0.6) is 0 Å². The summed E-state index contributed by atoms with van der Waals surface area (Å²) in [5, 5.41) is 0. The maximum Gasteiger partial charge on any atom is 0.201 e. The van der Waals surface area contributed by atoms with Crippen LogP contribution in [0.4, 0.5) is 19.1 Å². The van der Waals surface area contributed by atoms with Gasteiger partial charge in [-0.15, -0.1) is 0 Å². The van der Waals surface area contributed by atoms with Gasteiger partial charge >= 0.3 is 0 Å². The molecule has 2 aromatic carbocycles. The molecule has 0 bridgehead atoms. The molecule has 3 aromatic rings. The molecule has 1 heterocycles. The van der Waals surface area contributed by atoms with Gasteiger partial charge in [-0.1, -0.05) is 12.1 Å². The van der Waals surface area contributed by atoms with Crippen molar-refractivity contribution in [1.29, 1.82) is 0 Å². The fourth-order valence-electron chi connectivity index (χ4n) is 2.12. The maximum absolute atomic E-state index is 13.7. The molecule has 1 aromatic heterocycles. The zero-order valence-corrected chi connectivity index (χ0v) is 10.3. The van der Waals surface area contributed by atoms with Crippen LogP contribution < -0.4 is 5.73 Å². The van der Waals surface area contributed by atoms with Crippen molar-refractivity contribution in [2.24, 2.45) is 0 Å². The number of hydrogen-bond donors (Lipinski definition) is 1. The minimum atomic E-state index is -0.678. The van der Waals surface area contributed by atoms with E-state index in [1.807, 2.05) is 0 Å². The molecule has 20 heavy (non-hydrogen) atoms. The molecule has 0 saturated heterocycles. The molecular weight excluding hydrogens is 267 g/mol. The number of halogens is 3. The Morgan fingerprint density at radius 2 is 1.85 bits per heavy atom. The average molecular weight is 277 g/mol. The van der Waals surface area contributed by atoms with Crippen LogP contribution >= 0.6 is 0 Å². The summed E-state index contributed by atoms with van der Waals surface area (Å²) in [7, 11) is 0. The molecule has 6 heteroatoms. The molecule has 0 atom stereocenters. The van der Waals surface area contributed by atoms with Crippen molar-refractivity contribution in [2.45, 2.75) is 6.54 Å². The predicted octanol–water partition coefficient (Wildman–Crippen LogP) is 3.08. The van der Waals surface area contributed by atoms with Gasteiger partial charge in [-0.2, -0.15) is 0 Å². The number of nitrogens with zero attached hydrogens (tertiary/aromatic N) is 2. The zero-order valence-electron chi connectivity index (χ0n) is 10.3. The lowest BCUT2D eigenvalue weighted by Gasteiger charge is -2.07. The molecule has 0 radical (unpaired) electrons. The van der Waals surface area contributed by atoms with Crippen molar-refractivity contribution in [3.63, 3.8) is 0 Å². The smallest absolute Gasteiger partial charge is 0.201 e. The van der Waals surface area contributed by atoms with Crippen LogP contribution in [0.3, 0.4) is 0 Å². The lowest BCUT2D eigenvalue weighted by molar-refractivity contribution is 0.568. The lowest BCUT2D eigenvalue weighted by atomic mass is 10.2. The predicted molar refractivity (Wildman–Crippen MR) is 69.6 cm³/mol. The van der Waals surface area contributed by atoms with Gasteiger partial charge in [-0.25, -0.2) is 18.2 Å². The number of nitrogens with two attached hydrogens (primary N) is 1. The van der Waals surface area contributed by atoms with Gasteiger partial charge in [0.15, 0.2) is 5.82 Å². The van der Waals surface area contributed by atoms with E-state index in [0.717, 1.165) is 12.1 Å². The van der Waals surface area contributed by atoms with Crippen LogP contribution in [0.2, 0.25) is 0 Å². The summed E-state index contributed by atoms with van der Waals surface area (Å²) >= 11 is 0. The van der Waals surface area contributed by atoms with E-state index in [1.54, 1.807) is 6.07 Å². The highest BCUT2D eigenvalue weighted by Gasteiger charge is 2.13. The Hall–Kier alpha value is -2.50. The molecule has 0 aliphatic heterocycles. The van der Waals surface area contributed by atoms with E-state index in [9.17, 15) is 13.2 Å². The van der Waals surface area contributed by atoms with Crippen LogP contribution in [-0.4, -0.2) is 9.55 Å². The highest BCUT2D eigenvalue weighted by Crippen LogP contribution is 2.22. The Labute approximate surface area is 112 Å². The second kappa shape index (κ2) is 4.56. The summed E-state index contributed by atoms with van der Waals surface area (Å²) in [5.41, 5.74) is 6.59. The summed E-state index contributed by atoms with van der Waals surface area (Å²) < 4.78 is 41.6. The van der Waals surface area contributed by atoms with Crippen LogP contribution in [0.15, 0.2) is 36.4 Å². The van der Waals surface area contributed by atoms with Crippen LogP contribution in [0, 0.1) is 17.5 Å². The molecule has 3 nitrogen and oxygen atoms in total. The van der Waals surface area contributed by atoms with Gasteiger partial charge in [0.25, 0.3) is 0 Å². The normalized spacial score (nSPS) is 11.2.